The Morgan fingerprint density at radius 3 is 2.61 bits per heavy atom. The Hall–Kier alpha value is -0.710. The molecular formula is C13H24N2O2S. The topological polar surface area (TPSA) is 50.7 Å². The average molecular weight is 272 g/mol. The zero-order valence-electron chi connectivity index (χ0n) is 11.9. The molecule has 1 unspecified atom stereocenters. The molecule has 0 spiro atoms. The third-order valence-electron chi connectivity index (χ3n) is 2.93. The Labute approximate surface area is 114 Å². The summed E-state index contributed by atoms with van der Waals surface area (Å²) in [6.45, 7) is 8.53. The molecule has 0 fully saturated rings. The molecule has 0 bridgehead atoms. The molecule has 0 aliphatic carbocycles. The van der Waals surface area contributed by atoms with Gasteiger partial charge < -0.3 is 10.1 Å². The molecule has 1 heterocycles. The molecule has 1 rings (SSSR count). The van der Waals surface area contributed by atoms with E-state index >= 15 is 0 Å². The van der Waals surface area contributed by atoms with Gasteiger partial charge in [-0.25, -0.2) is 4.79 Å². The molecule has 1 aliphatic rings. The van der Waals surface area contributed by atoms with E-state index in [9.17, 15) is 4.79 Å². The number of nitrogens with zero attached hydrogens (tertiary/aromatic N) is 1. The van der Waals surface area contributed by atoms with Crippen molar-refractivity contribution in [1.82, 2.24) is 5.32 Å². The van der Waals surface area contributed by atoms with Gasteiger partial charge in [-0.3, -0.25) is 4.99 Å². The van der Waals surface area contributed by atoms with Crippen LogP contribution in [-0.4, -0.2) is 36.1 Å². The number of carbonyl (C=O) groups excluding carboxylic acids is 1. The van der Waals surface area contributed by atoms with Crippen LogP contribution in [0.3, 0.4) is 0 Å². The zero-order valence-corrected chi connectivity index (χ0v) is 12.7. The Kier molecular flexibility index (Phi) is 5.99. The van der Waals surface area contributed by atoms with Gasteiger partial charge in [0.1, 0.15) is 6.04 Å². The highest BCUT2D eigenvalue weighted by Crippen LogP contribution is 2.22. The summed E-state index contributed by atoms with van der Waals surface area (Å²) >= 11 is 1.69. The van der Waals surface area contributed by atoms with Crippen molar-refractivity contribution in [3.05, 3.63) is 0 Å². The first-order valence-corrected chi connectivity index (χ1v) is 7.47. The summed E-state index contributed by atoms with van der Waals surface area (Å²) in [6, 6.07) is 0.0713. The number of amidine groups is 1. The van der Waals surface area contributed by atoms with Crippen LogP contribution in [-0.2, 0) is 9.53 Å². The monoisotopic (exact) mass is 272 g/mol. The fourth-order valence-electron chi connectivity index (χ4n) is 1.79. The van der Waals surface area contributed by atoms with Crippen molar-refractivity contribution in [3.63, 3.8) is 0 Å². The fourth-order valence-corrected chi connectivity index (χ4v) is 3.01. The maximum Gasteiger partial charge on any atom is 0.328 e. The standard InChI is InChI=1S/C13H24N2O2S/c1-8(2)6-10(12(16)17-5)14-13-15-11(7-18-13)9(3)4/h8-11H,6-7H2,1-5H3,(H,14,15)/t10?,11-/m1/s1. The van der Waals surface area contributed by atoms with E-state index in [0.29, 0.717) is 17.9 Å². The molecule has 104 valence electrons. The molecule has 0 radical (unpaired) electrons. The Morgan fingerprint density at radius 2 is 2.17 bits per heavy atom. The average Bonchev–Trinajstić information content (AvgIpc) is 2.75. The third kappa shape index (κ3) is 4.52. The van der Waals surface area contributed by atoms with E-state index in [2.05, 4.69) is 38.0 Å². The summed E-state index contributed by atoms with van der Waals surface area (Å²) in [6.07, 6.45) is 0.762. The van der Waals surface area contributed by atoms with Gasteiger partial charge in [-0.05, 0) is 18.3 Å². The van der Waals surface area contributed by atoms with Crippen LogP contribution in [0.1, 0.15) is 34.1 Å². The Balaban J connectivity index is 2.61. The number of rotatable bonds is 5. The highest BCUT2D eigenvalue weighted by atomic mass is 32.2. The van der Waals surface area contributed by atoms with Gasteiger partial charge in [0.15, 0.2) is 5.17 Å². The highest BCUT2D eigenvalue weighted by molar-refractivity contribution is 8.14. The molecular weight excluding hydrogens is 248 g/mol. The first-order chi connectivity index (χ1) is 8.43. The first kappa shape index (κ1) is 15.3. The molecule has 1 aliphatic heterocycles. The second kappa shape index (κ2) is 7.02. The van der Waals surface area contributed by atoms with E-state index < -0.39 is 0 Å². The molecule has 0 aromatic rings. The molecule has 0 amide bonds. The highest BCUT2D eigenvalue weighted by Gasteiger charge is 2.26. The van der Waals surface area contributed by atoms with Crippen molar-refractivity contribution in [2.75, 3.05) is 12.9 Å². The maximum absolute atomic E-state index is 11.7. The molecule has 0 saturated carbocycles. The van der Waals surface area contributed by atoms with Crippen molar-refractivity contribution in [2.24, 2.45) is 16.8 Å². The summed E-state index contributed by atoms with van der Waals surface area (Å²) in [4.78, 5) is 16.3. The fraction of sp³-hybridized carbons (Fsp3) is 0.846. The Bertz CT molecular complexity index is 316. The van der Waals surface area contributed by atoms with Gasteiger partial charge in [0.05, 0.1) is 13.2 Å². The molecule has 2 atom stereocenters. The van der Waals surface area contributed by atoms with Crippen molar-refractivity contribution in [1.29, 1.82) is 0 Å². The SMILES string of the molecule is COC(=O)C(CC(C)C)NC1=N[C@@H](C(C)C)CS1. The predicted molar refractivity (Wildman–Crippen MR) is 76.9 cm³/mol. The van der Waals surface area contributed by atoms with Crippen molar-refractivity contribution >= 4 is 22.9 Å². The number of esters is 1. The number of hydrogen-bond donors (Lipinski definition) is 1. The number of hydrogen-bond acceptors (Lipinski definition) is 5. The van der Waals surface area contributed by atoms with Crippen molar-refractivity contribution in [2.45, 2.75) is 46.2 Å². The van der Waals surface area contributed by atoms with Crippen LogP contribution in [0, 0.1) is 11.8 Å². The van der Waals surface area contributed by atoms with Crippen LogP contribution in [0.4, 0.5) is 0 Å². The number of thioether (sulfide) groups is 1. The van der Waals surface area contributed by atoms with E-state index in [1.165, 1.54) is 7.11 Å². The van der Waals surface area contributed by atoms with Crippen LogP contribution >= 0.6 is 11.8 Å². The van der Waals surface area contributed by atoms with E-state index in [4.69, 9.17) is 4.74 Å². The van der Waals surface area contributed by atoms with Crippen LogP contribution in [0.5, 0.6) is 0 Å². The molecule has 0 saturated heterocycles. The molecule has 4 nitrogen and oxygen atoms in total. The minimum absolute atomic E-state index is 0.208. The van der Waals surface area contributed by atoms with Gasteiger partial charge in [0, 0.05) is 5.75 Å². The minimum atomic E-state index is -0.285. The quantitative estimate of drug-likeness (QED) is 0.780. The molecule has 18 heavy (non-hydrogen) atoms. The van der Waals surface area contributed by atoms with E-state index in [-0.39, 0.29) is 12.0 Å². The molecule has 0 aromatic carbocycles. The summed E-state index contributed by atoms with van der Waals surface area (Å²) in [5.74, 6) is 1.77. The lowest BCUT2D eigenvalue weighted by molar-refractivity contribution is -0.143. The van der Waals surface area contributed by atoms with Gasteiger partial charge in [-0.15, -0.1) is 0 Å². The second-order valence-electron chi connectivity index (χ2n) is 5.41. The number of methoxy groups -OCH3 is 1. The van der Waals surface area contributed by atoms with Crippen LogP contribution in [0.2, 0.25) is 0 Å². The lowest BCUT2D eigenvalue weighted by atomic mass is 10.0. The zero-order chi connectivity index (χ0) is 13.7. The predicted octanol–water partition coefficient (Wildman–Crippen LogP) is 2.29. The van der Waals surface area contributed by atoms with Gasteiger partial charge in [0.25, 0.3) is 0 Å². The van der Waals surface area contributed by atoms with E-state index in [1.807, 2.05) is 0 Å². The third-order valence-corrected chi connectivity index (χ3v) is 3.94. The summed E-state index contributed by atoms with van der Waals surface area (Å²) in [7, 11) is 1.43. The minimum Gasteiger partial charge on any atom is -0.467 e. The molecule has 0 aromatic heterocycles. The van der Waals surface area contributed by atoms with Gasteiger partial charge in [-0.2, -0.15) is 0 Å². The van der Waals surface area contributed by atoms with Crippen LogP contribution in [0.15, 0.2) is 4.99 Å². The van der Waals surface area contributed by atoms with E-state index in [1.54, 1.807) is 11.8 Å². The Morgan fingerprint density at radius 1 is 1.50 bits per heavy atom. The number of nitrogens with one attached hydrogen (secondary N) is 1. The number of aliphatic imine (C=N–C) groups is 1. The smallest absolute Gasteiger partial charge is 0.328 e. The van der Waals surface area contributed by atoms with Gasteiger partial charge in [-0.1, -0.05) is 39.5 Å². The van der Waals surface area contributed by atoms with Crippen molar-refractivity contribution in [3.8, 4) is 0 Å². The van der Waals surface area contributed by atoms with E-state index in [0.717, 1.165) is 17.3 Å². The molecule has 5 heteroatoms. The lowest BCUT2D eigenvalue weighted by Crippen LogP contribution is -2.40. The molecule has 1 N–H and O–H groups in total. The lowest BCUT2D eigenvalue weighted by Gasteiger charge is -2.18. The van der Waals surface area contributed by atoms with Crippen molar-refractivity contribution < 1.29 is 9.53 Å². The summed E-state index contributed by atoms with van der Waals surface area (Å²) in [5.41, 5.74) is 0. The maximum atomic E-state index is 11.7. The number of ether oxygens (including phenoxy) is 1. The normalized spacial score (nSPS) is 21.1. The summed E-state index contributed by atoms with van der Waals surface area (Å²) in [5, 5.41) is 4.10. The largest absolute Gasteiger partial charge is 0.467 e. The van der Waals surface area contributed by atoms with Crippen LogP contribution < -0.4 is 5.32 Å². The van der Waals surface area contributed by atoms with Gasteiger partial charge >= 0.3 is 5.97 Å². The first-order valence-electron chi connectivity index (χ1n) is 6.49. The van der Waals surface area contributed by atoms with Crippen LogP contribution in [0.25, 0.3) is 0 Å². The summed E-state index contributed by atoms with van der Waals surface area (Å²) < 4.78 is 4.83. The van der Waals surface area contributed by atoms with Gasteiger partial charge in [0.2, 0.25) is 0 Å². The number of carbonyl (C=O) groups is 1. The second-order valence-corrected chi connectivity index (χ2v) is 6.41.